The molecule has 20 heavy (non-hydrogen) atoms. The van der Waals surface area contributed by atoms with E-state index in [4.69, 9.17) is 5.73 Å². The van der Waals surface area contributed by atoms with Gasteiger partial charge in [0.15, 0.2) is 0 Å². The summed E-state index contributed by atoms with van der Waals surface area (Å²) in [5, 5.41) is 0. The van der Waals surface area contributed by atoms with E-state index in [1.807, 2.05) is 43.1 Å². The molecule has 0 aliphatic carbocycles. The molecule has 5 heteroatoms. The molecule has 110 valence electrons. The zero-order valence-electron chi connectivity index (χ0n) is 12.4. The summed E-state index contributed by atoms with van der Waals surface area (Å²) in [7, 11) is 1.82. The first-order chi connectivity index (χ1) is 9.37. The molecule has 1 aliphatic heterocycles. The van der Waals surface area contributed by atoms with E-state index in [2.05, 4.69) is 18.7 Å². The van der Waals surface area contributed by atoms with Crippen LogP contribution in [0.4, 0.5) is 11.4 Å². The van der Waals surface area contributed by atoms with E-state index in [0.717, 1.165) is 24.5 Å². The van der Waals surface area contributed by atoms with E-state index in [1.54, 1.807) is 4.90 Å². The fourth-order valence-electron chi connectivity index (χ4n) is 2.39. The maximum Gasteiger partial charge on any atom is 0.240 e. The number of hydrogen-bond donors (Lipinski definition) is 1. The van der Waals surface area contributed by atoms with E-state index in [9.17, 15) is 4.79 Å². The zero-order chi connectivity index (χ0) is 14.8. The SMILES string of the molecule is CN(C(=O)CN1CCSC(C)(C)C1)c1ccc(N)cc1. The van der Waals surface area contributed by atoms with Crippen molar-refractivity contribution >= 4 is 29.0 Å². The van der Waals surface area contributed by atoms with Crippen LogP contribution in [0.15, 0.2) is 24.3 Å². The fraction of sp³-hybridized carbons (Fsp3) is 0.533. The summed E-state index contributed by atoms with van der Waals surface area (Å²) in [5.74, 6) is 1.21. The standard InChI is InChI=1S/C15H23N3OS/c1-15(2)11-18(8-9-20-15)10-14(19)17(3)13-6-4-12(16)5-7-13/h4-7H,8-11,16H2,1-3H3. The number of amides is 1. The summed E-state index contributed by atoms with van der Waals surface area (Å²) >= 11 is 1.98. The summed E-state index contributed by atoms with van der Waals surface area (Å²) in [6, 6.07) is 7.39. The molecule has 0 radical (unpaired) electrons. The number of carbonyl (C=O) groups excluding carboxylic acids is 1. The molecule has 0 bridgehead atoms. The lowest BCUT2D eigenvalue weighted by molar-refractivity contribution is -0.119. The second kappa shape index (κ2) is 6.06. The van der Waals surface area contributed by atoms with Crippen molar-refractivity contribution in [1.82, 2.24) is 4.90 Å². The monoisotopic (exact) mass is 293 g/mol. The van der Waals surface area contributed by atoms with Crippen molar-refractivity contribution in [2.45, 2.75) is 18.6 Å². The zero-order valence-corrected chi connectivity index (χ0v) is 13.2. The lowest BCUT2D eigenvalue weighted by atomic mass is 10.2. The molecule has 1 heterocycles. The largest absolute Gasteiger partial charge is 0.399 e. The van der Waals surface area contributed by atoms with E-state index in [-0.39, 0.29) is 10.7 Å². The van der Waals surface area contributed by atoms with Gasteiger partial charge in [-0.05, 0) is 38.1 Å². The van der Waals surface area contributed by atoms with Crippen molar-refractivity contribution in [3.05, 3.63) is 24.3 Å². The van der Waals surface area contributed by atoms with Gasteiger partial charge in [0.2, 0.25) is 5.91 Å². The van der Waals surface area contributed by atoms with Gasteiger partial charge >= 0.3 is 0 Å². The Hall–Kier alpha value is -1.20. The molecule has 1 amide bonds. The molecular weight excluding hydrogens is 270 g/mol. The second-order valence-corrected chi connectivity index (χ2v) is 7.67. The number of nitrogens with two attached hydrogens (primary N) is 1. The lowest BCUT2D eigenvalue weighted by Crippen LogP contribution is -2.47. The number of carbonyl (C=O) groups is 1. The summed E-state index contributed by atoms with van der Waals surface area (Å²) in [5.41, 5.74) is 7.26. The molecule has 2 N–H and O–H groups in total. The van der Waals surface area contributed by atoms with Crippen molar-refractivity contribution < 1.29 is 4.79 Å². The number of nitrogens with zero attached hydrogens (tertiary/aromatic N) is 2. The molecule has 1 fully saturated rings. The van der Waals surface area contributed by atoms with Gasteiger partial charge in [-0.3, -0.25) is 9.69 Å². The topological polar surface area (TPSA) is 49.6 Å². The third-order valence-electron chi connectivity index (χ3n) is 3.52. The summed E-state index contributed by atoms with van der Waals surface area (Å²) in [6.07, 6.45) is 0. The highest BCUT2D eigenvalue weighted by Gasteiger charge is 2.28. The van der Waals surface area contributed by atoms with Crippen molar-refractivity contribution in [2.75, 3.05) is 43.1 Å². The normalized spacial score (nSPS) is 18.8. The van der Waals surface area contributed by atoms with E-state index in [1.165, 1.54) is 0 Å². The van der Waals surface area contributed by atoms with Crippen molar-refractivity contribution in [3.8, 4) is 0 Å². The smallest absolute Gasteiger partial charge is 0.240 e. The van der Waals surface area contributed by atoms with Gasteiger partial charge in [-0.15, -0.1) is 0 Å². The maximum atomic E-state index is 12.4. The Morgan fingerprint density at radius 1 is 1.40 bits per heavy atom. The van der Waals surface area contributed by atoms with Crippen molar-refractivity contribution in [2.24, 2.45) is 0 Å². The van der Waals surface area contributed by atoms with Crippen LogP contribution in [0.5, 0.6) is 0 Å². The predicted octanol–water partition coefficient (Wildman–Crippen LogP) is 2.06. The first-order valence-corrected chi connectivity index (χ1v) is 7.84. The third-order valence-corrected chi connectivity index (χ3v) is 4.82. The maximum absolute atomic E-state index is 12.4. The van der Waals surface area contributed by atoms with E-state index >= 15 is 0 Å². The van der Waals surface area contributed by atoms with E-state index in [0.29, 0.717) is 12.2 Å². The van der Waals surface area contributed by atoms with E-state index < -0.39 is 0 Å². The molecule has 0 saturated carbocycles. The summed E-state index contributed by atoms with van der Waals surface area (Å²) in [6.45, 7) is 6.88. The van der Waals surface area contributed by atoms with Crippen molar-refractivity contribution in [3.63, 3.8) is 0 Å². The first-order valence-electron chi connectivity index (χ1n) is 6.86. The number of nitrogen functional groups attached to an aromatic ring is 1. The Morgan fingerprint density at radius 2 is 2.05 bits per heavy atom. The highest BCUT2D eigenvalue weighted by molar-refractivity contribution is 8.00. The van der Waals surface area contributed by atoms with Crippen molar-refractivity contribution in [1.29, 1.82) is 0 Å². The average molecular weight is 293 g/mol. The fourth-order valence-corrected chi connectivity index (χ4v) is 3.56. The van der Waals surface area contributed by atoms with Gasteiger partial charge in [-0.25, -0.2) is 0 Å². The molecule has 1 aromatic rings. The molecular formula is C15H23N3OS. The Morgan fingerprint density at radius 3 is 2.65 bits per heavy atom. The molecule has 1 aromatic carbocycles. The molecule has 1 saturated heterocycles. The summed E-state index contributed by atoms with van der Waals surface area (Å²) in [4.78, 5) is 16.3. The van der Waals surface area contributed by atoms with Gasteiger partial charge in [0, 0.05) is 42.0 Å². The predicted molar refractivity (Wildman–Crippen MR) is 87.2 cm³/mol. The highest BCUT2D eigenvalue weighted by atomic mass is 32.2. The van der Waals surface area contributed by atoms with Crippen LogP contribution in [-0.4, -0.2) is 48.0 Å². The molecule has 1 aliphatic rings. The van der Waals surface area contributed by atoms with Crippen LogP contribution in [0.2, 0.25) is 0 Å². The molecule has 0 spiro atoms. The average Bonchev–Trinajstić information content (AvgIpc) is 2.37. The van der Waals surface area contributed by atoms with Crippen LogP contribution in [0.1, 0.15) is 13.8 Å². The number of thioether (sulfide) groups is 1. The van der Waals surface area contributed by atoms with Crippen LogP contribution in [-0.2, 0) is 4.79 Å². The van der Waals surface area contributed by atoms with Crippen LogP contribution < -0.4 is 10.6 Å². The number of hydrogen-bond acceptors (Lipinski definition) is 4. The van der Waals surface area contributed by atoms with Crippen LogP contribution >= 0.6 is 11.8 Å². The second-order valence-electron chi connectivity index (χ2n) is 5.86. The Labute approximate surface area is 125 Å². The van der Waals surface area contributed by atoms with Crippen LogP contribution in [0.3, 0.4) is 0 Å². The van der Waals surface area contributed by atoms with Gasteiger partial charge in [0.05, 0.1) is 6.54 Å². The number of anilines is 2. The van der Waals surface area contributed by atoms with Crippen LogP contribution in [0, 0.1) is 0 Å². The van der Waals surface area contributed by atoms with Gasteiger partial charge in [-0.2, -0.15) is 11.8 Å². The molecule has 0 unspecified atom stereocenters. The summed E-state index contributed by atoms with van der Waals surface area (Å²) < 4.78 is 0.234. The number of likely N-dealkylation sites (N-methyl/N-ethyl adjacent to an activating group) is 1. The van der Waals surface area contributed by atoms with Crippen LogP contribution in [0.25, 0.3) is 0 Å². The molecule has 0 aromatic heterocycles. The number of rotatable bonds is 3. The van der Waals surface area contributed by atoms with Gasteiger partial charge in [-0.1, -0.05) is 0 Å². The molecule has 0 atom stereocenters. The minimum atomic E-state index is 0.123. The Kier molecular flexibility index (Phi) is 4.60. The molecule has 4 nitrogen and oxygen atoms in total. The lowest BCUT2D eigenvalue weighted by Gasteiger charge is -2.37. The minimum Gasteiger partial charge on any atom is -0.399 e. The van der Waals surface area contributed by atoms with Gasteiger partial charge in [0.1, 0.15) is 0 Å². The number of benzene rings is 1. The Balaban J connectivity index is 1.95. The quantitative estimate of drug-likeness (QED) is 0.867. The van der Waals surface area contributed by atoms with Gasteiger partial charge < -0.3 is 10.6 Å². The first kappa shape index (κ1) is 15.2. The van der Waals surface area contributed by atoms with Gasteiger partial charge in [0.25, 0.3) is 0 Å². The highest BCUT2D eigenvalue weighted by Crippen LogP contribution is 2.29. The minimum absolute atomic E-state index is 0.123. The molecule has 2 rings (SSSR count). The third kappa shape index (κ3) is 3.90. The Bertz CT molecular complexity index is 473.